The number of para-hydroxylation sites is 1. The van der Waals surface area contributed by atoms with Gasteiger partial charge in [0.2, 0.25) is 5.89 Å². The summed E-state index contributed by atoms with van der Waals surface area (Å²) in [6, 6.07) is 12.9. The second-order valence-corrected chi connectivity index (χ2v) is 4.97. The topological polar surface area (TPSA) is 52.3 Å². The molecule has 0 fully saturated rings. The molecule has 0 aliphatic rings. The molecular weight excluding hydrogens is 297 g/mol. The van der Waals surface area contributed by atoms with Crippen molar-refractivity contribution in [2.24, 2.45) is 0 Å². The molecule has 0 spiro atoms. The van der Waals surface area contributed by atoms with Gasteiger partial charge < -0.3 is 9.15 Å². The highest BCUT2D eigenvalue weighted by molar-refractivity contribution is 5.79. The predicted molar refractivity (Wildman–Crippen MR) is 82.8 cm³/mol. The van der Waals surface area contributed by atoms with Crippen LogP contribution in [0.25, 0.3) is 11.5 Å². The fraction of sp³-hybridized carbons (Fsp3) is 0.111. The highest BCUT2D eigenvalue weighted by Crippen LogP contribution is 2.23. The molecule has 3 aromatic rings. The lowest BCUT2D eigenvalue weighted by atomic mass is 10.2. The number of aldehydes is 1. The van der Waals surface area contributed by atoms with Crippen molar-refractivity contribution < 1.29 is 18.3 Å². The van der Waals surface area contributed by atoms with Gasteiger partial charge in [-0.3, -0.25) is 4.79 Å². The average Bonchev–Trinajstić information content (AvgIpc) is 2.94. The van der Waals surface area contributed by atoms with Crippen LogP contribution < -0.4 is 4.74 Å². The molecule has 0 N–H and O–H groups in total. The summed E-state index contributed by atoms with van der Waals surface area (Å²) in [6.07, 6.45) is 0.745. The van der Waals surface area contributed by atoms with Gasteiger partial charge in [0.05, 0.1) is 5.56 Å². The zero-order valence-electron chi connectivity index (χ0n) is 12.5. The number of halogens is 1. The van der Waals surface area contributed by atoms with Gasteiger partial charge in [0.1, 0.15) is 29.6 Å². The molecule has 1 heterocycles. The van der Waals surface area contributed by atoms with Crippen LogP contribution in [0.4, 0.5) is 4.39 Å². The third-order valence-corrected chi connectivity index (χ3v) is 3.39. The molecule has 1 aromatic heterocycles. The van der Waals surface area contributed by atoms with Gasteiger partial charge in [-0.2, -0.15) is 0 Å². The van der Waals surface area contributed by atoms with Crippen LogP contribution in [-0.2, 0) is 6.61 Å². The Morgan fingerprint density at radius 1 is 1.17 bits per heavy atom. The van der Waals surface area contributed by atoms with Crippen molar-refractivity contribution >= 4 is 6.29 Å². The van der Waals surface area contributed by atoms with Crippen LogP contribution in [0.2, 0.25) is 0 Å². The number of carbonyl (C=O) groups excluding carboxylic acids is 1. The number of hydrogen-bond donors (Lipinski definition) is 0. The lowest BCUT2D eigenvalue weighted by molar-refractivity contribution is 0.111. The molecule has 0 saturated heterocycles. The molecule has 0 saturated carbocycles. The van der Waals surface area contributed by atoms with E-state index in [0.29, 0.717) is 34.2 Å². The van der Waals surface area contributed by atoms with E-state index in [1.165, 1.54) is 12.1 Å². The zero-order valence-corrected chi connectivity index (χ0v) is 12.5. The number of nitrogens with zero attached hydrogens (tertiary/aromatic N) is 1. The lowest BCUT2D eigenvalue weighted by Gasteiger charge is -2.06. The minimum Gasteiger partial charge on any atom is -0.486 e. The van der Waals surface area contributed by atoms with E-state index >= 15 is 0 Å². The maximum atomic E-state index is 13.0. The molecule has 0 aliphatic heterocycles. The van der Waals surface area contributed by atoms with Crippen LogP contribution >= 0.6 is 0 Å². The van der Waals surface area contributed by atoms with E-state index in [1.54, 1.807) is 43.3 Å². The predicted octanol–water partition coefficient (Wildman–Crippen LogP) is 4.18. The van der Waals surface area contributed by atoms with Gasteiger partial charge in [0.25, 0.3) is 0 Å². The van der Waals surface area contributed by atoms with Gasteiger partial charge in [0, 0.05) is 5.56 Å². The Morgan fingerprint density at radius 2 is 1.91 bits per heavy atom. The molecule has 0 unspecified atom stereocenters. The zero-order chi connectivity index (χ0) is 16.2. The second kappa shape index (κ2) is 6.44. The monoisotopic (exact) mass is 311 g/mol. The second-order valence-electron chi connectivity index (χ2n) is 4.97. The maximum Gasteiger partial charge on any atom is 0.226 e. The van der Waals surface area contributed by atoms with E-state index in [0.717, 1.165) is 6.29 Å². The highest BCUT2D eigenvalue weighted by Gasteiger charge is 2.13. The number of benzene rings is 2. The van der Waals surface area contributed by atoms with Gasteiger partial charge in [-0.1, -0.05) is 12.1 Å². The van der Waals surface area contributed by atoms with Crippen LogP contribution in [0.15, 0.2) is 52.9 Å². The van der Waals surface area contributed by atoms with Crippen LogP contribution in [0.1, 0.15) is 21.8 Å². The van der Waals surface area contributed by atoms with Crippen LogP contribution in [0.3, 0.4) is 0 Å². The summed E-state index contributed by atoms with van der Waals surface area (Å²) in [5.41, 5.74) is 1.80. The Hall–Kier alpha value is -2.95. The summed E-state index contributed by atoms with van der Waals surface area (Å²) in [7, 11) is 0. The number of carbonyl (C=O) groups is 1. The number of hydrogen-bond acceptors (Lipinski definition) is 4. The Kier molecular flexibility index (Phi) is 4.19. The smallest absolute Gasteiger partial charge is 0.226 e. The molecule has 0 amide bonds. The number of aromatic nitrogens is 1. The van der Waals surface area contributed by atoms with Gasteiger partial charge in [-0.15, -0.1) is 0 Å². The van der Waals surface area contributed by atoms with Crippen molar-refractivity contribution in [3.8, 4) is 17.2 Å². The summed E-state index contributed by atoms with van der Waals surface area (Å²) < 4.78 is 24.2. The Morgan fingerprint density at radius 3 is 2.65 bits per heavy atom. The van der Waals surface area contributed by atoms with Gasteiger partial charge in [-0.25, -0.2) is 9.37 Å². The summed E-state index contributed by atoms with van der Waals surface area (Å²) >= 11 is 0. The first kappa shape index (κ1) is 15.0. The van der Waals surface area contributed by atoms with Crippen molar-refractivity contribution in [2.45, 2.75) is 13.5 Å². The van der Waals surface area contributed by atoms with Crippen molar-refractivity contribution in [1.82, 2.24) is 4.98 Å². The minimum atomic E-state index is -0.314. The molecule has 4 nitrogen and oxygen atoms in total. The van der Waals surface area contributed by atoms with E-state index in [2.05, 4.69) is 4.98 Å². The Labute approximate surface area is 132 Å². The van der Waals surface area contributed by atoms with Crippen LogP contribution in [-0.4, -0.2) is 11.3 Å². The molecule has 0 radical (unpaired) electrons. The van der Waals surface area contributed by atoms with Crippen molar-refractivity contribution in [2.75, 3.05) is 0 Å². The molecule has 0 atom stereocenters. The van der Waals surface area contributed by atoms with E-state index in [1.807, 2.05) is 0 Å². The molecule has 0 bridgehead atoms. The number of rotatable bonds is 5. The lowest BCUT2D eigenvalue weighted by Crippen LogP contribution is -1.99. The third kappa shape index (κ3) is 3.29. The summed E-state index contributed by atoms with van der Waals surface area (Å²) in [5.74, 6) is 1.21. The third-order valence-electron chi connectivity index (χ3n) is 3.39. The molecule has 3 rings (SSSR count). The Balaban J connectivity index is 1.79. The number of aryl methyl sites for hydroxylation is 1. The standard InChI is InChI=1S/C18H14FNO3/c1-12-16(11-22-17-5-3-2-4-14(17)10-21)20-18(23-12)13-6-8-15(19)9-7-13/h2-10H,11H2,1H3. The van der Waals surface area contributed by atoms with Crippen molar-refractivity contribution in [1.29, 1.82) is 0 Å². The average molecular weight is 311 g/mol. The highest BCUT2D eigenvalue weighted by atomic mass is 19.1. The van der Waals surface area contributed by atoms with Crippen LogP contribution in [0.5, 0.6) is 5.75 Å². The Bertz CT molecular complexity index is 825. The number of oxazole rings is 1. The first-order chi connectivity index (χ1) is 11.2. The maximum absolute atomic E-state index is 13.0. The van der Waals surface area contributed by atoms with E-state index in [-0.39, 0.29) is 12.4 Å². The van der Waals surface area contributed by atoms with E-state index in [4.69, 9.17) is 9.15 Å². The first-order valence-electron chi connectivity index (χ1n) is 7.06. The molecule has 23 heavy (non-hydrogen) atoms. The van der Waals surface area contributed by atoms with Crippen molar-refractivity contribution in [3.05, 3.63) is 71.4 Å². The largest absolute Gasteiger partial charge is 0.486 e. The van der Waals surface area contributed by atoms with Crippen LogP contribution in [0, 0.1) is 12.7 Å². The van der Waals surface area contributed by atoms with Gasteiger partial charge in [-0.05, 0) is 43.3 Å². The molecular formula is C18H14FNO3. The number of ether oxygens (including phenoxy) is 1. The fourth-order valence-electron chi connectivity index (χ4n) is 2.13. The molecule has 116 valence electrons. The quantitative estimate of drug-likeness (QED) is 0.663. The minimum absolute atomic E-state index is 0.182. The van der Waals surface area contributed by atoms with Gasteiger partial charge >= 0.3 is 0 Å². The normalized spacial score (nSPS) is 10.5. The molecule has 5 heteroatoms. The van der Waals surface area contributed by atoms with Crippen molar-refractivity contribution in [3.63, 3.8) is 0 Å². The fourth-order valence-corrected chi connectivity index (χ4v) is 2.13. The summed E-state index contributed by atoms with van der Waals surface area (Å²) in [5, 5.41) is 0. The summed E-state index contributed by atoms with van der Waals surface area (Å²) in [4.78, 5) is 15.4. The SMILES string of the molecule is Cc1oc(-c2ccc(F)cc2)nc1COc1ccccc1C=O. The van der Waals surface area contributed by atoms with Gasteiger partial charge in [0.15, 0.2) is 6.29 Å². The van der Waals surface area contributed by atoms with E-state index in [9.17, 15) is 9.18 Å². The summed E-state index contributed by atoms with van der Waals surface area (Å²) in [6.45, 7) is 1.96. The first-order valence-corrected chi connectivity index (χ1v) is 7.06. The molecule has 2 aromatic carbocycles. The molecule has 0 aliphatic carbocycles. The van der Waals surface area contributed by atoms with E-state index < -0.39 is 0 Å².